The van der Waals surface area contributed by atoms with Gasteiger partial charge in [-0.1, -0.05) is 27.2 Å². The second-order valence-electron chi connectivity index (χ2n) is 10.4. The summed E-state index contributed by atoms with van der Waals surface area (Å²) in [7, 11) is 0. The van der Waals surface area contributed by atoms with Crippen molar-refractivity contribution in [3.8, 4) is 0 Å². The Balaban J connectivity index is 1.59. The van der Waals surface area contributed by atoms with E-state index in [1.54, 1.807) is 0 Å². The van der Waals surface area contributed by atoms with E-state index in [1.165, 1.54) is 39.0 Å². The van der Waals surface area contributed by atoms with Gasteiger partial charge in [0.25, 0.3) is 0 Å². The van der Waals surface area contributed by atoms with Crippen LogP contribution in [0, 0.1) is 40.4 Å². The SMILES string of the molecule is CCC1CCC2C3CCC4CC(OC(C)=O)CCC4(C)C3C(=O)CC12C. The molecule has 8 atom stereocenters. The van der Waals surface area contributed by atoms with Gasteiger partial charge in [0.15, 0.2) is 0 Å². The van der Waals surface area contributed by atoms with Gasteiger partial charge in [0.2, 0.25) is 0 Å². The first kappa shape index (κ1) is 18.5. The van der Waals surface area contributed by atoms with Crippen molar-refractivity contribution in [1.29, 1.82) is 0 Å². The van der Waals surface area contributed by atoms with E-state index in [0.29, 0.717) is 17.6 Å². The second-order valence-corrected chi connectivity index (χ2v) is 10.4. The van der Waals surface area contributed by atoms with Gasteiger partial charge in [0, 0.05) is 19.3 Å². The summed E-state index contributed by atoms with van der Waals surface area (Å²) in [6.07, 6.45) is 10.1. The van der Waals surface area contributed by atoms with Gasteiger partial charge in [-0.15, -0.1) is 0 Å². The molecule has 3 nitrogen and oxygen atoms in total. The minimum Gasteiger partial charge on any atom is -0.463 e. The van der Waals surface area contributed by atoms with Crippen LogP contribution in [-0.4, -0.2) is 17.9 Å². The zero-order valence-electron chi connectivity index (χ0n) is 17.1. The summed E-state index contributed by atoms with van der Waals surface area (Å²) >= 11 is 0. The van der Waals surface area contributed by atoms with E-state index >= 15 is 0 Å². The number of Topliss-reactive ketones (excluding diaryl/α,β-unsaturated/α-hetero) is 1. The van der Waals surface area contributed by atoms with E-state index in [-0.39, 0.29) is 28.8 Å². The molecule has 0 amide bonds. The number of hydrogen-bond acceptors (Lipinski definition) is 3. The van der Waals surface area contributed by atoms with Gasteiger partial charge in [-0.3, -0.25) is 9.59 Å². The Kier molecular flexibility index (Phi) is 4.51. The molecular formula is C23H36O3. The van der Waals surface area contributed by atoms with Crippen LogP contribution in [0.4, 0.5) is 0 Å². The Morgan fingerprint density at radius 3 is 2.58 bits per heavy atom. The number of carbonyl (C=O) groups excluding carboxylic acids is 2. The fourth-order valence-corrected chi connectivity index (χ4v) is 8.15. The molecule has 0 aromatic rings. The first-order chi connectivity index (χ1) is 12.3. The van der Waals surface area contributed by atoms with Crippen molar-refractivity contribution in [1.82, 2.24) is 0 Å². The van der Waals surface area contributed by atoms with Crippen molar-refractivity contribution in [2.24, 2.45) is 40.4 Å². The predicted molar refractivity (Wildman–Crippen MR) is 101 cm³/mol. The van der Waals surface area contributed by atoms with Crippen LogP contribution in [0.1, 0.15) is 85.5 Å². The third-order valence-corrected chi connectivity index (χ3v) is 9.32. The van der Waals surface area contributed by atoms with Gasteiger partial charge in [0.1, 0.15) is 11.9 Å². The van der Waals surface area contributed by atoms with Crippen LogP contribution >= 0.6 is 0 Å². The molecule has 4 saturated carbocycles. The van der Waals surface area contributed by atoms with Crippen molar-refractivity contribution < 1.29 is 14.3 Å². The highest BCUT2D eigenvalue weighted by Gasteiger charge is 2.62. The third-order valence-electron chi connectivity index (χ3n) is 9.32. The highest BCUT2D eigenvalue weighted by molar-refractivity contribution is 5.84. The molecule has 26 heavy (non-hydrogen) atoms. The lowest BCUT2D eigenvalue weighted by molar-refractivity contribution is -0.169. The van der Waals surface area contributed by atoms with E-state index in [1.807, 2.05) is 0 Å². The maximum atomic E-state index is 13.5. The van der Waals surface area contributed by atoms with E-state index in [0.717, 1.165) is 37.5 Å². The second kappa shape index (κ2) is 6.34. The van der Waals surface area contributed by atoms with E-state index < -0.39 is 0 Å². The molecule has 0 heterocycles. The number of hydrogen-bond donors (Lipinski definition) is 0. The number of ketones is 1. The van der Waals surface area contributed by atoms with E-state index in [9.17, 15) is 9.59 Å². The topological polar surface area (TPSA) is 43.4 Å². The molecule has 4 aliphatic carbocycles. The number of rotatable bonds is 2. The molecule has 0 aromatic carbocycles. The van der Waals surface area contributed by atoms with Gasteiger partial charge in [0.05, 0.1) is 0 Å². The van der Waals surface area contributed by atoms with E-state index in [2.05, 4.69) is 20.8 Å². The third kappa shape index (κ3) is 2.59. The molecule has 0 N–H and O–H groups in total. The zero-order valence-corrected chi connectivity index (χ0v) is 17.1. The summed E-state index contributed by atoms with van der Waals surface area (Å²) in [6.45, 7) is 8.65. The number of carbonyl (C=O) groups is 2. The molecule has 4 aliphatic rings. The van der Waals surface area contributed by atoms with Crippen LogP contribution < -0.4 is 0 Å². The van der Waals surface area contributed by atoms with Gasteiger partial charge >= 0.3 is 5.97 Å². The summed E-state index contributed by atoms with van der Waals surface area (Å²) in [5, 5.41) is 0. The molecule has 0 spiro atoms. The summed E-state index contributed by atoms with van der Waals surface area (Å²) in [5.41, 5.74) is 0.382. The van der Waals surface area contributed by atoms with Crippen LogP contribution in [0.5, 0.6) is 0 Å². The van der Waals surface area contributed by atoms with Crippen molar-refractivity contribution in [2.45, 2.75) is 91.6 Å². The first-order valence-electron chi connectivity index (χ1n) is 11.0. The van der Waals surface area contributed by atoms with Crippen LogP contribution in [0.15, 0.2) is 0 Å². The maximum Gasteiger partial charge on any atom is 0.302 e. The van der Waals surface area contributed by atoms with Gasteiger partial charge in [-0.25, -0.2) is 0 Å². The van der Waals surface area contributed by atoms with E-state index in [4.69, 9.17) is 4.74 Å². The normalized spacial score (nSPS) is 50.5. The molecule has 0 aliphatic heterocycles. The Bertz CT molecular complexity index is 598. The van der Waals surface area contributed by atoms with Crippen LogP contribution in [0.3, 0.4) is 0 Å². The molecule has 0 aromatic heterocycles. The van der Waals surface area contributed by atoms with Crippen molar-refractivity contribution in [2.75, 3.05) is 0 Å². The molecule has 3 heteroatoms. The molecule has 0 radical (unpaired) electrons. The maximum absolute atomic E-state index is 13.5. The standard InChI is InChI=1S/C23H36O3/c1-5-15-7-9-19-18-8-6-16-12-17(26-14(2)24)10-11-22(16,3)21(18)20(25)13-23(15,19)4/h15-19,21H,5-13H2,1-4H3. The Morgan fingerprint density at radius 2 is 1.88 bits per heavy atom. The predicted octanol–water partition coefficient (Wildman–Crippen LogP) is 5.17. The summed E-state index contributed by atoms with van der Waals surface area (Å²) in [4.78, 5) is 24.8. The molecule has 4 rings (SSSR count). The van der Waals surface area contributed by atoms with Gasteiger partial charge < -0.3 is 4.74 Å². The molecular weight excluding hydrogens is 324 g/mol. The number of fused-ring (bicyclic) bond motifs is 5. The Hall–Kier alpha value is -0.860. The fourth-order valence-electron chi connectivity index (χ4n) is 8.15. The van der Waals surface area contributed by atoms with Gasteiger partial charge in [-0.2, -0.15) is 0 Å². The highest BCUT2D eigenvalue weighted by atomic mass is 16.5. The van der Waals surface area contributed by atoms with Gasteiger partial charge in [-0.05, 0) is 79.4 Å². The Labute approximate surface area is 158 Å². The highest BCUT2D eigenvalue weighted by Crippen LogP contribution is 2.66. The average Bonchev–Trinajstić information content (AvgIpc) is 2.90. The van der Waals surface area contributed by atoms with Crippen LogP contribution in [-0.2, 0) is 14.3 Å². The fraction of sp³-hybridized carbons (Fsp3) is 0.913. The minimum absolute atomic E-state index is 0.0713. The smallest absolute Gasteiger partial charge is 0.302 e. The summed E-state index contributed by atoms with van der Waals surface area (Å²) in [5.74, 6) is 3.29. The summed E-state index contributed by atoms with van der Waals surface area (Å²) in [6, 6.07) is 0. The molecule has 4 fully saturated rings. The molecule has 0 bridgehead atoms. The van der Waals surface area contributed by atoms with Crippen LogP contribution in [0.25, 0.3) is 0 Å². The Morgan fingerprint density at radius 1 is 1.12 bits per heavy atom. The largest absolute Gasteiger partial charge is 0.463 e. The minimum atomic E-state index is -0.159. The summed E-state index contributed by atoms with van der Waals surface area (Å²) < 4.78 is 5.54. The molecule has 8 unspecified atom stereocenters. The lowest BCUT2D eigenvalue weighted by atomic mass is 9.44. The quantitative estimate of drug-likeness (QED) is 0.638. The van der Waals surface area contributed by atoms with Crippen molar-refractivity contribution >= 4 is 11.8 Å². The van der Waals surface area contributed by atoms with Crippen LogP contribution in [0.2, 0.25) is 0 Å². The van der Waals surface area contributed by atoms with Crippen molar-refractivity contribution in [3.63, 3.8) is 0 Å². The number of ether oxygens (including phenoxy) is 1. The number of esters is 1. The first-order valence-corrected chi connectivity index (χ1v) is 11.0. The zero-order chi connectivity index (χ0) is 18.7. The average molecular weight is 361 g/mol. The monoisotopic (exact) mass is 360 g/mol. The van der Waals surface area contributed by atoms with Crippen molar-refractivity contribution in [3.05, 3.63) is 0 Å². The molecule has 0 saturated heterocycles. The lowest BCUT2D eigenvalue weighted by Crippen LogP contribution is -2.57. The molecule has 146 valence electrons. The lowest BCUT2D eigenvalue weighted by Gasteiger charge is -2.60.